The highest BCUT2D eigenvalue weighted by Gasteiger charge is 2.35. The molecule has 0 amide bonds. The molecule has 0 spiro atoms. The van der Waals surface area contributed by atoms with Crippen molar-refractivity contribution in [1.82, 2.24) is 19.9 Å². The molecule has 1 aliphatic heterocycles. The van der Waals surface area contributed by atoms with E-state index in [0.717, 1.165) is 113 Å². The lowest BCUT2D eigenvalue weighted by molar-refractivity contribution is -0.145. The van der Waals surface area contributed by atoms with Crippen molar-refractivity contribution in [2.75, 3.05) is 39.6 Å². The number of esters is 4. The van der Waals surface area contributed by atoms with Gasteiger partial charge in [-0.3, -0.25) is 39.1 Å². The summed E-state index contributed by atoms with van der Waals surface area (Å²) in [6, 6.07) is 64.9. The summed E-state index contributed by atoms with van der Waals surface area (Å²) in [6.45, 7) is 24.0. The van der Waals surface area contributed by atoms with Crippen molar-refractivity contribution in [1.29, 1.82) is 21.0 Å². The predicted octanol–water partition coefficient (Wildman–Crippen LogP) is 24.3. The SMILES string of the molecule is CCOC(=O)C(C)(C)Sc1cc(F)c2cncc(-c3ccc(C#N)c4ccccc34)c2c1.CCOC(=O)C(C)(C)Sc1ccc2cncc(-c3ccc(C#N)c4c3OCCO4)c2c1.CCOC(=O)C(C)(C)Sc1ccc2cncc(-c3ccc(C#N)c4ccc(F)cc34)c2c1.CCOC(=O)C(C)(C)Sc1ccc2cncc(-c3cccc4c(C#N)cccc34)c2c1. The molecule has 1 aliphatic rings. The topological polar surface area (TPSA) is 270 Å². The Morgan fingerprint density at radius 2 is 0.667 bits per heavy atom. The highest BCUT2D eigenvalue weighted by molar-refractivity contribution is 8.02. The highest BCUT2D eigenvalue weighted by atomic mass is 32.2. The van der Waals surface area contributed by atoms with Crippen LogP contribution in [0.2, 0.25) is 0 Å². The molecule has 5 heterocycles. The second-order valence-corrected chi connectivity index (χ2v) is 37.7. The van der Waals surface area contributed by atoms with E-state index in [1.165, 1.54) is 71.4 Å². The molecule has 18 nitrogen and oxygen atoms in total. The van der Waals surface area contributed by atoms with Gasteiger partial charge in [0.25, 0.3) is 0 Å². The summed E-state index contributed by atoms with van der Waals surface area (Å²) in [6.07, 6.45) is 14.0. The van der Waals surface area contributed by atoms with Gasteiger partial charge in [0, 0.05) is 135 Å². The van der Waals surface area contributed by atoms with E-state index in [4.69, 9.17) is 28.4 Å². The monoisotopic (exact) mass is 1750 g/mol. The summed E-state index contributed by atoms with van der Waals surface area (Å²) >= 11 is 5.62. The van der Waals surface area contributed by atoms with Crippen molar-refractivity contribution in [2.45, 2.75) is 122 Å². The van der Waals surface area contributed by atoms with Crippen LogP contribution in [0.5, 0.6) is 11.5 Å². The number of hydrogen-bond donors (Lipinski definition) is 0. The van der Waals surface area contributed by atoms with Crippen LogP contribution in [0.3, 0.4) is 0 Å². The van der Waals surface area contributed by atoms with Crippen LogP contribution >= 0.6 is 47.0 Å². The number of halogens is 2. The van der Waals surface area contributed by atoms with E-state index in [1.54, 1.807) is 89.9 Å². The van der Waals surface area contributed by atoms with Crippen molar-refractivity contribution in [2.24, 2.45) is 0 Å². The number of thioether (sulfide) groups is 4. The second-order valence-electron chi connectivity index (χ2n) is 31.0. The van der Waals surface area contributed by atoms with Crippen LogP contribution in [0.1, 0.15) is 105 Å². The first-order valence-corrected chi connectivity index (χ1v) is 43.8. The molecule has 0 bridgehead atoms. The first-order chi connectivity index (χ1) is 60.6. The molecule has 0 atom stereocenters. The van der Waals surface area contributed by atoms with Crippen molar-refractivity contribution < 1.29 is 56.4 Å². The fraction of sp³-hybridized carbons (Fsp3) is 0.216. The fourth-order valence-corrected chi connectivity index (χ4v) is 18.9. The van der Waals surface area contributed by atoms with Crippen LogP contribution in [0.4, 0.5) is 8.78 Å². The molecule has 11 aromatic carbocycles. The van der Waals surface area contributed by atoms with Gasteiger partial charge in [0.15, 0.2) is 11.5 Å². The molecule has 0 radical (unpaired) electrons. The minimum atomic E-state index is -0.871. The van der Waals surface area contributed by atoms with Gasteiger partial charge >= 0.3 is 23.9 Å². The number of ether oxygens (including phenoxy) is 6. The maximum atomic E-state index is 15.1. The Labute approximate surface area is 745 Å². The summed E-state index contributed by atoms with van der Waals surface area (Å²) in [5, 5.41) is 49.8. The molecule has 0 aliphatic carbocycles. The van der Waals surface area contributed by atoms with Gasteiger partial charge < -0.3 is 28.4 Å². The zero-order valence-electron chi connectivity index (χ0n) is 71.2. The Morgan fingerprint density at radius 1 is 0.325 bits per heavy atom. The summed E-state index contributed by atoms with van der Waals surface area (Å²) in [4.78, 5) is 70.3. The van der Waals surface area contributed by atoms with Crippen LogP contribution in [-0.2, 0) is 38.1 Å². The molecular formula is C102H86F2N8O10S4. The number of hydrogen-bond acceptors (Lipinski definition) is 22. The quantitative estimate of drug-likeness (QED) is 0.0389. The van der Waals surface area contributed by atoms with Crippen LogP contribution < -0.4 is 9.47 Å². The first kappa shape index (κ1) is 90.3. The van der Waals surface area contributed by atoms with E-state index in [0.29, 0.717) is 93.2 Å². The van der Waals surface area contributed by atoms with Gasteiger partial charge in [-0.2, -0.15) is 21.0 Å². The summed E-state index contributed by atoms with van der Waals surface area (Å²) in [7, 11) is 0. The molecule has 15 aromatic rings. The molecule has 16 rings (SSSR count). The number of nitriles is 4. The first-order valence-electron chi connectivity index (χ1n) is 40.5. The standard InChI is InChI=1S/2C26H21FN2O2S.C26H22N2O2S.C24H22N2O4S/c1-4-31-25(30)26(2,3)32-19-8-5-17-14-29-15-24(22(17)12-19)21-9-6-16(13-28)20-10-7-18(27)11-23(20)21;1-4-31-25(30)26(2,3)32-17-11-21-22(14-29-15-23(21)24(27)12-17)20-10-9-16(13-28)18-7-5-6-8-19(18)20;1-4-30-25(29)26(2,3)31-19-12-11-18-15-28-16-24(23(18)13-19)22-10-6-8-20-17(14-27)7-5-9-21(20)22;1-4-28-23(27)24(2,3)31-17-7-5-16-13-26-14-20(19(16)11-17)18-8-6-15(12-25)21-22(18)30-10-9-29-21/h2*5-12,14-15H,4H2,1-3H3;5-13,15-16H,4H2,1-3H3;5-8,11,13-14H,4,9-10H2,1-3H3. The normalized spacial score (nSPS) is 11.8. The maximum absolute atomic E-state index is 15.1. The number of aromatic nitrogens is 4. The van der Waals surface area contributed by atoms with E-state index in [-0.39, 0.29) is 36.3 Å². The van der Waals surface area contributed by atoms with E-state index < -0.39 is 24.8 Å². The molecule has 126 heavy (non-hydrogen) atoms. The van der Waals surface area contributed by atoms with Gasteiger partial charge in [0.2, 0.25) is 0 Å². The largest absolute Gasteiger partial charge is 0.485 e. The second kappa shape index (κ2) is 39.2. The molecule has 0 saturated heterocycles. The number of pyridine rings is 4. The lowest BCUT2D eigenvalue weighted by Crippen LogP contribution is -2.29. The van der Waals surface area contributed by atoms with Gasteiger partial charge in [-0.05, 0) is 228 Å². The van der Waals surface area contributed by atoms with Gasteiger partial charge in [0.05, 0.1) is 66.9 Å². The maximum Gasteiger partial charge on any atom is 0.321 e. The number of rotatable bonds is 20. The van der Waals surface area contributed by atoms with Crippen molar-refractivity contribution >= 4 is 146 Å². The minimum absolute atomic E-state index is 0.229. The predicted molar refractivity (Wildman–Crippen MR) is 497 cm³/mol. The number of benzene rings is 11. The van der Waals surface area contributed by atoms with Crippen molar-refractivity contribution in [3.05, 3.63) is 265 Å². The van der Waals surface area contributed by atoms with E-state index in [2.05, 4.69) is 56.3 Å². The Kier molecular flexibility index (Phi) is 28.1. The molecule has 4 aromatic heterocycles. The fourth-order valence-electron chi connectivity index (χ4n) is 14.7. The van der Waals surface area contributed by atoms with Crippen LogP contribution in [0.25, 0.3) is 120 Å². The van der Waals surface area contributed by atoms with Gasteiger partial charge in [-0.25, -0.2) is 8.78 Å². The number of carbonyl (C=O) groups excluding carboxylic acids is 4. The number of fused-ring (bicyclic) bond motifs is 8. The van der Waals surface area contributed by atoms with Crippen molar-refractivity contribution in [3.8, 4) is 80.3 Å². The molecule has 24 heteroatoms. The zero-order valence-corrected chi connectivity index (χ0v) is 74.5. The van der Waals surface area contributed by atoms with Gasteiger partial charge in [-0.1, -0.05) is 91.0 Å². The minimum Gasteiger partial charge on any atom is -0.485 e. The lowest BCUT2D eigenvalue weighted by Gasteiger charge is -2.23. The third-order valence-electron chi connectivity index (χ3n) is 20.7. The number of carbonyl (C=O) groups is 4. The van der Waals surface area contributed by atoms with Crippen LogP contribution in [-0.4, -0.2) is 102 Å². The Hall–Kier alpha value is -13.5. The Morgan fingerprint density at radius 3 is 1.13 bits per heavy atom. The van der Waals surface area contributed by atoms with Crippen LogP contribution in [0, 0.1) is 57.0 Å². The Bertz CT molecular complexity index is 6980. The third kappa shape index (κ3) is 19.7. The van der Waals surface area contributed by atoms with Gasteiger partial charge in [-0.15, -0.1) is 47.0 Å². The average molecular weight is 1750 g/mol. The molecule has 0 unspecified atom stereocenters. The molecule has 0 fully saturated rings. The molecule has 632 valence electrons. The summed E-state index contributed by atoms with van der Waals surface area (Å²) in [5.74, 6) is -0.838. The van der Waals surface area contributed by atoms with Gasteiger partial charge in [0.1, 0.15) is 49.9 Å². The van der Waals surface area contributed by atoms with E-state index in [9.17, 15) is 44.6 Å². The Balaban J connectivity index is 0.000000144. The average Bonchev–Trinajstić information content (AvgIpc) is 0.773. The summed E-state index contributed by atoms with van der Waals surface area (Å²) in [5.41, 5.74) is 9.14. The van der Waals surface area contributed by atoms with Crippen LogP contribution in [0.15, 0.2) is 251 Å². The number of nitrogens with zero attached hydrogens (tertiary/aromatic N) is 8. The van der Waals surface area contributed by atoms with E-state index >= 15 is 4.39 Å². The lowest BCUT2D eigenvalue weighted by atomic mass is 9.93. The smallest absolute Gasteiger partial charge is 0.321 e. The zero-order chi connectivity index (χ0) is 89.8. The summed E-state index contributed by atoms with van der Waals surface area (Å²) < 4.78 is 58.6. The third-order valence-corrected chi connectivity index (χ3v) is 25.4. The molecule has 0 N–H and O–H groups in total. The van der Waals surface area contributed by atoms with Crippen molar-refractivity contribution in [3.63, 3.8) is 0 Å². The highest BCUT2D eigenvalue weighted by Crippen LogP contribution is 2.48. The van der Waals surface area contributed by atoms with E-state index in [1.807, 2.05) is 188 Å². The molecule has 0 saturated carbocycles. The molecular weight excluding hydrogens is 1660 g/mol.